The van der Waals surface area contributed by atoms with Gasteiger partial charge in [0.2, 0.25) is 0 Å². The van der Waals surface area contributed by atoms with Gasteiger partial charge in [0, 0.05) is 36.3 Å². The minimum Gasteiger partial charge on any atom is -0.383 e. The lowest BCUT2D eigenvalue weighted by atomic mass is 10.1. The SMILES string of the molecule is Cn1ncc2c(N)nc3cc(F)c(C(=O)N(Cc4ccc(C#CC(C)(C)O)cn4)C4CC4)cc3c21. The van der Waals surface area contributed by atoms with E-state index < -0.39 is 17.3 Å². The molecule has 178 valence electrons. The van der Waals surface area contributed by atoms with E-state index in [4.69, 9.17) is 5.73 Å². The summed E-state index contributed by atoms with van der Waals surface area (Å²) in [7, 11) is 1.77. The highest BCUT2D eigenvalue weighted by atomic mass is 19.1. The van der Waals surface area contributed by atoms with E-state index in [1.807, 2.05) is 0 Å². The number of hydrogen-bond acceptors (Lipinski definition) is 6. The molecule has 5 rings (SSSR count). The molecule has 1 fully saturated rings. The maximum Gasteiger partial charge on any atom is 0.257 e. The van der Waals surface area contributed by atoms with E-state index in [-0.39, 0.29) is 24.0 Å². The molecule has 0 spiro atoms. The van der Waals surface area contributed by atoms with Gasteiger partial charge in [-0.15, -0.1) is 0 Å². The Labute approximate surface area is 201 Å². The topological polar surface area (TPSA) is 110 Å². The zero-order chi connectivity index (χ0) is 24.9. The van der Waals surface area contributed by atoms with Crippen LogP contribution in [-0.4, -0.2) is 47.3 Å². The fourth-order valence-electron chi connectivity index (χ4n) is 4.04. The summed E-state index contributed by atoms with van der Waals surface area (Å²) in [4.78, 5) is 23.9. The van der Waals surface area contributed by atoms with Crippen molar-refractivity contribution in [3.05, 3.63) is 59.3 Å². The number of nitrogen functional groups attached to an aromatic ring is 1. The maximum absolute atomic E-state index is 15.1. The molecule has 8 nitrogen and oxygen atoms in total. The van der Waals surface area contributed by atoms with Gasteiger partial charge in [-0.05, 0) is 44.9 Å². The molecule has 0 aliphatic heterocycles. The van der Waals surface area contributed by atoms with E-state index in [9.17, 15) is 9.90 Å². The molecule has 1 aliphatic carbocycles. The van der Waals surface area contributed by atoms with E-state index in [1.165, 1.54) is 6.07 Å². The average Bonchev–Trinajstić information content (AvgIpc) is 3.57. The van der Waals surface area contributed by atoms with Crippen LogP contribution in [0, 0.1) is 17.7 Å². The lowest BCUT2D eigenvalue weighted by Gasteiger charge is -2.23. The van der Waals surface area contributed by atoms with Crippen LogP contribution >= 0.6 is 0 Å². The standard InChI is InChI=1S/C26H25FN6O2/c1-26(2,35)9-8-15-4-5-16(29-12-15)14-33(17-6-7-17)25(34)18-10-19-22(11-21(18)27)31-24(28)20-13-30-32(3)23(19)20/h4-5,10-13,17,35H,6-7,14H2,1-3H3,(H2,28,31). The van der Waals surface area contributed by atoms with E-state index in [0.717, 1.165) is 12.8 Å². The van der Waals surface area contributed by atoms with Crippen molar-refractivity contribution in [1.82, 2.24) is 24.6 Å². The summed E-state index contributed by atoms with van der Waals surface area (Å²) in [6, 6.07) is 6.42. The van der Waals surface area contributed by atoms with Crippen LogP contribution in [0.1, 0.15) is 48.3 Å². The predicted molar refractivity (Wildman–Crippen MR) is 131 cm³/mol. The Morgan fingerprint density at radius 3 is 2.71 bits per heavy atom. The third-order valence-electron chi connectivity index (χ3n) is 5.94. The van der Waals surface area contributed by atoms with Crippen molar-refractivity contribution in [1.29, 1.82) is 0 Å². The van der Waals surface area contributed by atoms with Crippen molar-refractivity contribution in [2.24, 2.45) is 7.05 Å². The third-order valence-corrected chi connectivity index (χ3v) is 5.94. The number of aryl methyl sites for hydroxylation is 1. The number of carbonyl (C=O) groups excluding carboxylic acids is 1. The number of nitrogens with zero attached hydrogens (tertiary/aromatic N) is 5. The second kappa shape index (κ2) is 8.32. The number of rotatable bonds is 4. The van der Waals surface area contributed by atoms with Crippen LogP contribution in [0.5, 0.6) is 0 Å². The number of aliphatic hydroxyl groups is 1. The van der Waals surface area contributed by atoms with Crippen LogP contribution in [0.2, 0.25) is 0 Å². The molecule has 3 N–H and O–H groups in total. The van der Waals surface area contributed by atoms with Crippen molar-refractivity contribution in [2.45, 2.75) is 44.9 Å². The molecule has 3 heterocycles. The van der Waals surface area contributed by atoms with E-state index in [0.29, 0.717) is 33.1 Å². The van der Waals surface area contributed by atoms with Crippen LogP contribution in [0.4, 0.5) is 10.2 Å². The summed E-state index contributed by atoms with van der Waals surface area (Å²) < 4.78 is 16.8. The van der Waals surface area contributed by atoms with Crippen molar-refractivity contribution < 1.29 is 14.3 Å². The Balaban J connectivity index is 1.48. The normalized spacial score (nSPS) is 13.6. The highest BCUT2D eigenvalue weighted by Crippen LogP contribution is 2.33. The lowest BCUT2D eigenvalue weighted by molar-refractivity contribution is 0.0723. The smallest absolute Gasteiger partial charge is 0.257 e. The Bertz CT molecular complexity index is 1520. The second-order valence-corrected chi connectivity index (χ2v) is 9.39. The van der Waals surface area contributed by atoms with Gasteiger partial charge in [-0.1, -0.05) is 11.8 Å². The summed E-state index contributed by atoms with van der Waals surface area (Å²) in [6.07, 6.45) is 4.94. The van der Waals surface area contributed by atoms with Crippen LogP contribution in [0.25, 0.3) is 21.8 Å². The fraction of sp³-hybridized carbons (Fsp3) is 0.308. The molecule has 0 unspecified atom stereocenters. The van der Waals surface area contributed by atoms with Crippen molar-refractivity contribution in [3.63, 3.8) is 0 Å². The third kappa shape index (κ3) is 4.53. The minimum absolute atomic E-state index is 0.0221. The van der Waals surface area contributed by atoms with Gasteiger partial charge in [0.05, 0.1) is 40.4 Å². The molecule has 3 aromatic heterocycles. The zero-order valence-corrected chi connectivity index (χ0v) is 19.7. The number of amides is 1. The zero-order valence-electron chi connectivity index (χ0n) is 19.7. The van der Waals surface area contributed by atoms with Crippen molar-refractivity contribution >= 4 is 33.5 Å². The highest BCUT2D eigenvalue weighted by Gasteiger charge is 2.34. The number of aromatic nitrogens is 4. The number of benzene rings is 1. The molecule has 9 heteroatoms. The lowest BCUT2D eigenvalue weighted by Crippen LogP contribution is -2.33. The molecule has 1 aliphatic rings. The largest absolute Gasteiger partial charge is 0.383 e. The predicted octanol–water partition coefficient (Wildman–Crippen LogP) is 3.17. The number of carbonyl (C=O) groups is 1. The molecular formula is C26H25FN6O2. The summed E-state index contributed by atoms with van der Waals surface area (Å²) >= 11 is 0. The molecule has 4 aromatic rings. The Morgan fingerprint density at radius 2 is 2.06 bits per heavy atom. The first kappa shape index (κ1) is 22.7. The van der Waals surface area contributed by atoms with Gasteiger partial charge in [0.1, 0.15) is 17.2 Å². The Morgan fingerprint density at radius 1 is 1.29 bits per heavy atom. The molecule has 35 heavy (non-hydrogen) atoms. The Kier molecular flexibility index (Phi) is 5.41. The number of nitrogens with two attached hydrogens (primary N) is 1. The van der Waals surface area contributed by atoms with Crippen molar-refractivity contribution in [3.8, 4) is 11.8 Å². The number of halogens is 1. The molecule has 0 bridgehead atoms. The summed E-state index contributed by atoms with van der Waals surface area (Å²) in [5.41, 5.74) is 7.31. The number of hydrogen-bond donors (Lipinski definition) is 2. The number of anilines is 1. The second-order valence-electron chi connectivity index (χ2n) is 9.39. The highest BCUT2D eigenvalue weighted by molar-refractivity contribution is 6.10. The van der Waals surface area contributed by atoms with Gasteiger partial charge in [0.25, 0.3) is 5.91 Å². The molecule has 1 aromatic carbocycles. The fourth-order valence-corrected chi connectivity index (χ4v) is 4.04. The van der Waals surface area contributed by atoms with Crippen molar-refractivity contribution in [2.75, 3.05) is 5.73 Å². The maximum atomic E-state index is 15.1. The van der Waals surface area contributed by atoms with Crippen LogP contribution in [0.3, 0.4) is 0 Å². The van der Waals surface area contributed by atoms with E-state index in [1.54, 1.807) is 61.1 Å². The van der Waals surface area contributed by atoms with Gasteiger partial charge >= 0.3 is 0 Å². The van der Waals surface area contributed by atoms with Gasteiger partial charge in [-0.2, -0.15) is 5.10 Å². The molecule has 0 atom stereocenters. The Hall–Kier alpha value is -4.03. The van der Waals surface area contributed by atoms with Crippen LogP contribution in [-0.2, 0) is 13.6 Å². The molecule has 1 saturated carbocycles. The molecular weight excluding hydrogens is 447 g/mol. The van der Waals surface area contributed by atoms with E-state index in [2.05, 4.69) is 26.9 Å². The van der Waals surface area contributed by atoms with Crippen LogP contribution in [0.15, 0.2) is 36.7 Å². The molecule has 0 saturated heterocycles. The minimum atomic E-state index is -1.10. The van der Waals surface area contributed by atoms with Crippen LogP contribution < -0.4 is 5.73 Å². The first-order valence-electron chi connectivity index (χ1n) is 11.3. The molecule has 0 radical (unpaired) electrons. The first-order valence-corrected chi connectivity index (χ1v) is 11.3. The van der Waals surface area contributed by atoms with E-state index >= 15 is 4.39 Å². The molecule has 1 amide bonds. The van der Waals surface area contributed by atoms with Gasteiger partial charge in [0.15, 0.2) is 0 Å². The first-order chi connectivity index (χ1) is 16.6. The van der Waals surface area contributed by atoms with Gasteiger partial charge < -0.3 is 15.7 Å². The quantitative estimate of drug-likeness (QED) is 0.442. The summed E-state index contributed by atoms with van der Waals surface area (Å²) in [6.45, 7) is 3.47. The summed E-state index contributed by atoms with van der Waals surface area (Å²) in [5, 5.41) is 15.3. The average molecular weight is 473 g/mol. The van der Waals surface area contributed by atoms with Gasteiger partial charge in [-0.25, -0.2) is 9.37 Å². The monoisotopic (exact) mass is 472 g/mol. The number of fused-ring (bicyclic) bond motifs is 3. The number of pyridine rings is 2. The summed E-state index contributed by atoms with van der Waals surface area (Å²) in [5.74, 6) is 4.85. The van der Waals surface area contributed by atoms with Gasteiger partial charge in [-0.3, -0.25) is 14.5 Å².